The predicted octanol–water partition coefficient (Wildman–Crippen LogP) is 1.57. The monoisotopic (exact) mass is 195 g/mol. The average molecular weight is 195 g/mol. The second-order valence-corrected chi connectivity index (χ2v) is 1.72. The van der Waals surface area contributed by atoms with Crippen molar-refractivity contribution in [2.75, 3.05) is 13.8 Å². The first-order chi connectivity index (χ1) is 5.31. The fraction of sp³-hybridized carbons (Fsp3) is 1.00. The Kier molecular flexibility index (Phi) is 4.35. The molecule has 0 aliphatic carbocycles. The molecule has 0 rings (SSSR count). The highest BCUT2D eigenvalue weighted by Gasteiger charge is 2.32. The third-order valence-corrected chi connectivity index (χ3v) is 0.642. The van der Waals surface area contributed by atoms with Crippen LogP contribution in [0.15, 0.2) is 0 Å². The summed E-state index contributed by atoms with van der Waals surface area (Å²) in [7, 11) is 0.815. The Morgan fingerprint density at radius 2 is 1.83 bits per heavy atom. The van der Waals surface area contributed by atoms with E-state index in [2.05, 4.69) is 9.57 Å². The van der Waals surface area contributed by atoms with E-state index in [9.17, 15) is 22.0 Å². The Morgan fingerprint density at radius 3 is 2.17 bits per heavy atom. The maximum absolute atomic E-state index is 11.3. The molecular formula is C4H6F5NO2. The summed E-state index contributed by atoms with van der Waals surface area (Å²) in [6.07, 6.45) is -4.89. The van der Waals surface area contributed by atoms with Crippen molar-refractivity contribution in [3.63, 3.8) is 0 Å². The lowest BCUT2D eigenvalue weighted by Crippen LogP contribution is -2.30. The van der Waals surface area contributed by atoms with Gasteiger partial charge >= 0.3 is 13.0 Å². The quantitative estimate of drug-likeness (QED) is 0.386. The van der Waals surface area contributed by atoms with Gasteiger partial charge in [-0.25, -0.2) is 0 Å². The molecule has 0 aromatic rings. The maximum Gasteiger partial charge on any atom is 0.539 e. The van der Waals surface area contributed by atoms with Crippen LogP contribution in [-0.4, -0.2) is 31.8 Å². The normalized spacial score (nSPS) is 13.0. The minimum atomic E-state index is -4.89. The highest BCUT2D eigenvalue weighted by Crippen LogP contribution is 2.17. The maximum atomic E-state index is 11.3. The lowest BCUT2D eigenvalue weighted by atomic mass is 11.1. The van der Waals surface area contributed by atoms with Gasteiger partial charge in [0.25, 0.3) is 0 Å². The van der Waals surface area contributed by atoms with Crippen LogP contribution < -0.4 is 0 Å². The second kappa shape index (κ2) is 4.53. The molecule has 8 heteroatoms. The van der Waals surface area contributed by atoms with E-state index in [1.165, 1.54) is 0 Å². The van der Waals surface area contributed by atoms with Crippen LogP contribution in [0, 0.1) is 0 Å². The predicted molar refractivity (Wildman–Crippen MR) is 26.9 cm³/mol. The highest BCUT2D eigenvalue weighted by molar-refractivity contribution is 4.25. The van der Waals surface area contributed by atoms with Crippen molar-refractivity contribution in [3.05, 3.63) is 0 Å². The van der Waals surface area contributed by atoms with Gasteiger partial charge in [-0.15, -0.1) is 13.2 Å². The summed E-state index contributed by atoms with van der Waals surface area (Å²) >= 11 is 0. The smallest absolute Gasteiger partial charge is 0.305 e. The third kappa shape index (κ3) is 7.63. The summed E-state index contributed by atoms with van der Waals surface area (Å²) < 4.78 is 60.0. The van der Waals surface area contributed by atoms with Crippen LogP contribution in [-0.2, 0) is 9.57 Å². The summed E-state index contributed by atoms with van der Waals surface area (Å²) in [5, 5.41) is 0.103. The summed E-state index contributed by atoms with van der Waals surface area (Å²) in [6.45, 7) is -4.08. The Morgan fingerprint density at radius 1 is 1.33 bits per heavy atom. The van der Waals surface area contributed by atoms with Crippen LogP contribution >= 0.6 is 0 Å². The van der Waals surface area contributed by atoms with Crippen molar-refractivity contribution >= 4 is 0 Å². The Hall–Kier alpha value is -0.470. The number of alkyl halides is 5. The Labute approximate surface area is 64.6 Å². The SMILES string of the molecule is CN(COC(F)F)OC(F)(F)F. The van der Waals surface area contributed by atoms with E-state index in [0.717, 1.165) is 7.05 Å². The van der Waals surface area contributed by atoms with Crippen LogP contribution in [0.2, 0.25) is 0 Å². The van der Waals surface area contributed by atoms with Gasteiger partial charge in [-0.3, -0.25) is 0 Å². The molecule has 12 heavy (non-hydrogen) atoms. The average Bonchev–Trinajstić information content (AvgIpc) is 1.79. The van der Waals surface area contributed by atoms with Gasteiger partial charge < -0.3 is 4.74 Å². The van der Waals surface area contributed by atoms with E-state index in [-0.39, 0.29) is 5.06 Å². The standard InChI is InChI=1S/C4H6F5NO2/c1-10(2-11-3(5)6)12-4(7,8)9/h3H,2H2,1H3. The molecule has 0 heterocycles. The van der Waals surface area contributed by atoms with Gasteiger partial charge in [0, 0.05) is 7.05 Å². The number of hydrogen-bond donors (Lipinski definition) is 0. The van der Waals surface area contributed by atoms with Crippen LogP contribution in [0.5, 0.6) is 0 Å². The molecule has 0 bridgehead atoms. The molecule has 74 valence electrons. The molecule has 0 aliphatic rings. The number of rotatable bonds is 4. The van der Waals surface area contributed by atoms with E-state index in [0.29, 0.717) is 0 Å². The van der Waals surface area contributed by atoms with E-state index < -0.39 is 19.7 Å². The summed E-state index contributed by atoms with van der Waals surface area (Å²) in [4.78, 5) is 3.16. The zero-order valence-corrected chi connectivity index (χ0v) is 5.94. The molecule has 0 unspecified atom stereocenters. The first-order valence-electron chi connectivity index (χ1n) is 2.68. The lowest BCUT2D eigenvalue weighted by molar-refractivity contribution is -0.423. The molecule has 3 nitrogen and oxygen atoms in total. The zero-order valence-electron chi connectivity index (χ0n) is 5.94. The molecule has 0 atom stereocenters. The largest absolute Gasteiger partial charge is 0.539 e. The summed E-state index contributed by atoms with van der Waals surface area (Å²) in [6, 6.07) is 0. The molecular weight excluding hydrogens is 189 g/mol. The molecule has 0 radical (unpaired) electrons. The fourth-order valence-corrected chi connectivity index (χ4v) is 0.364. The fourth-order valence-electron chi connectivity index (χ4n) is 0.364. The van der Waals surface area contributed by atoms with Crippen LogP contribution in [0.1, 0.15) is 0 Å². The van der Waals surface area contributed by atoms with Gasteiger partial charge in [-0.1, -0.05) is 0 Å². The van der Waals surface area contributed by atoms with Crippen LogP contribution in [0.3, 0.4) is 0 Å². The van der Waals surface area contributed by atoms with Gasteiger partial charge in [0.05, 0.1) is 0 Å². The first kappa shape index (κ1) is 11.5. The van der Waals surface area contributed by atoms with Gasteiger partial charge in [-0.2, -0.15) is 18.7 Å². The van der Waals surface area contributed by atoms with E-state index in [1.54, 1.807) is 0 Å². The number of ether oxygens (including phenoxy) is 1. The third-order valence-electron chi connectivity index (χ3n) is 0.642. The Balaban J connectivity index is 3.53. The minimum absolute atomic E-state index is 0.103. The van der Waals surface area contributed by atoms with Crippen LogP contribution in [0.25, 0.3) is 0 Å². The van der Waals surface area contributed by atoms with E-state index >= 15 is 0 Å². The molecule has 0 aliphatic heterocycles. The van der Waals surface area contributed by atoms with Crippen molar-refractivity contribution in [3.8, 4) is 0 Å². The van der Waals surface area contributed by atoms with Gasteiger partial charge in [0.2, 0.25) is 0 Å². The topological polar surface area (TPSA) is 21.7 Å². The Bertz CT molecular complexity index is 127. The molecule has 0 aromatic heterocycles. The first-order valence-corrected chi connectivity index (χ1v) is 2.68. The highest BCUT2D eigenvalue weighted by atomic mass is 19.4. The van der Waals surface area contributed by atoms with Crippen LogP contribution in [0.4, 0.5) is 22.0 Å². The van der Waals surface area contributed by atoms with Crippen molar-refractivity contribution in [2.45, 2.75) is 13.0 Å². The zero-order chi connectivity index (χ0) is 9.78. The molecule has 0 fully saturated rings. The van der Waals surface area contributed by atoms with E-state index in [4.69, 9.17) is 0 Å². The molecule has 0 spiro atoms. The molecule has 0 N–H and O–H groups in total. The van der Waals surface area contributed by atoms with E-state index in [1.807, 2.05) is 0 Å². The minimum Gasteiger partial charge on any atom is -0.305 e. The second-order valence-electron chi connectivity index (χ2n) is 1.72. The van der Waals surface area contributed by atoms with Crippen molar-refractivity contribution < 1.29 is 31.5 Å². The van der Waals surface area contributed by atoms with Crippen molar-refractivity contribution in [2.24, 2.45) is 0 Å². The van der Waals surface area contributed by atoms with Gasteiger partial charge in [0.1, 0.15) is 6.73 Å². The van der Waals surface area contributed by atoms with Gasteiger partial charge in [0.15, 0.2) is 0 Å². The van der Waals surface area contributed by atoms with Crippen molar-refractivity contribution in [1.82, 2.24) is 5.06 Å². The number of hydroxylamine groups is 2. The molecule has 0 saturated carbocycles. The number of hydrogen-bond acceptors (Lipinski definition) is 3. The number of nitrogens with zero attached hydrogens (tertiary/aromatic N) is 1. The summed E-state index contributed by atoms with van der Waals surface area (Å²) in [5.74, 6) is 0. The van der Waals surface area contributed by atoms with Gasteiger partial charge in [-0.05, 0) is 0 Å². The molecule has 0 aromatic carbocycles. The number of halogens is 5. The molecule has 0 saturated heterocycles. The lowest BCUT2D eigenvalue weighted by Gasteiger charge is -2.17. The summed E-state index contributed by atoms with van der Waals surface area (Å²) in [5.41, 5.74) is 0. The molecule has 0 amide bonds. The van der Waals surface area contributed by atoms with Crippen molar-refractivity contribution in [1.29, 1.82) is 0 Å².